The van der Waals surface area contributed by atoms with E-state index in [-0.39, 0.29) is 38.2 Å². The molecule has 1 saturated heterocycles. The number of carbonyl (C=O) groups excluding carboxylic acids is 5. The Morgan fingerprint density at radius 1 is 1.13 bits per heavy atom. The van der Waals surface area contributed by atoms with Crippen molar-refractivity contribution in [2.75, 3.05) is 6.54 Å². The molecule has 17 heteroatoms. The zero-order valence-electron chi connectivity index (χ0n) is 31.1. The maximum absolute atomic E-state index is 14.5. The monoisotopic (exact) mass is 773 g/mol. The molecule has 2 aliphatic heterocycles. The Hall–Kier alpha value is -4.93. The summed E-state index contributed by atoms with van der Waals surface area (Å²) in [5.41, 5.74) is -1.62. The van der Waals surface area contributed by atoms with Crippen LogP contribution in [0.2, 0.25) is 0 Å². The van der Waals surface area contributed by atoms with Gasteiger partial charge >= 0.3 is 12.2 Å². The minimum Gasteiger partial charge on any atom is -0.489 e. The highest BCUT2D eigenvalue weighted by molar-refractivity contribution is 7.91. The van der Waals surface area contributed by atoms with E-state index in [4.69, 9.17) is 14.2 Å². The molecule has 15 nitrogen and oxygen atoms in total. The van der Waals surface area contributed by atoms with Gasteiger partial charge in [0.15, 0.2) is 0 Å². The first-order valence-electron chi connectivity index (χ1n) is 17.8. The summed E-state index contributed by atoms with van der Waals surface area (Å²) in [6, 6.07) is 1.71. The van der Waals surface area contributed by atoms with Crippen LogP contribution in [-0.4, -0.2) is 95.4 Å². The third-order valence-electron chi connectivity index (χ3n) is 9.65. The first-order chi connectivity index (χ1) is 25.3. The van der Waals surface area contributed by atoms with Crippen molar-refractivity contribution in [3.63, 3.8) is 0 Å². The number of likely N-dealkylation sites (tertiary alicyclic amines) is 1. The Balaban J connectivity index is 1.41. The molecular weight excluding hydrogens is 725 g/mol. The van der Waals surface area contributed by atoms with Gasteiger partial charge < -0.3 is 29.7 Å². The van der Waals surface area contributed by atoms with Gasteiger partial charge in [0.05, 0.1) is 18.3 Å². The van der Waals surface area contributed by atoms with Gasteiger partial charge in [0.25, 0.3) is 5.91 Å². The van der Waals surface area contributed by atoms with Crippen molar-refractivity contribution < 1.29 is 51.0 Å². The molecule has 0 radical (unpaired) electrons. The smallest absolute Gasteiger partial charge is 0.410 e. The van der Waals surface area contributed by atoms with Crippen LogP contribution in [-0.2, 0) is 51.7 Å². The number of alkyl carbamates (subject to hydrolysis) is 1. The predicted molar refractivity (Wildman–Crippen MR) is 193 cm³/mol. The molecule has 1 aromatic carbocycles. The minimum absolute atomic E-state index is 0.0444. The molecular formula is C37H48FN5O10S. The Bertz CT molecular complexity index is 1860. The number of rotatable bonds is 13. The number of nitrogens with one attached hydrogen (secondary N) is 3. The minimum atomic E-state index is -3.97. The summed E-state index contributed by atoms with van der Waals surface area (Å²) in [5.74, 6) is -3.46. The summed E-state index contributed by atoms with van der Waals surface area (Å²) >= 11 is 0. The molecule has 4 aliphatic rings. The number of nitrogens with zero attached hydrogens (tertiary/aromatic N) is 2. The van der Waals surface area contributed by atoms with E-state index in [1.165, 1.54) is 30.0 Å². The van der Waals surface area contributed by atoms with Crippen molar-refractivity contribution in [1.82, 2.24) is 25.2 Å². The van der Waals surface area contributed by atoms with Crippen LogP contribution in [0.25, 0.3) is 0 Å². The van der Waals surface area contributed by atoms with Crippen LogP contribution in [0, 0.1) is 11.7 Å². The fourth-order valence-corrected chi connectivity index (χ4v) is 8.01. The normalized spacial score (nSPS) is 24.5. The topological polar surface area (TPSA) is 190 Å². The number of hydrogen-bond acceptors (Lipinski definition) is 10. The maximum atomic E-state index is 14.5. The molecule has 5 rings (SSSR count). The summed E-state index contributed by atoms with van der Waals surface area (Å²) in [6.07, 6.45) is 1.42. The van der Waals surface area contributed by atoms with Crippen LogP contribution in [0.1, 0.15) is 71.4 Å². The molecule has 0 aromatic heterocycles. The lowest BCUT2D eigenvalue weighted by Crippen LogP contribution is -2.60. The van der Waals surface area contributed by atoms with Crippen LogP contribution >= 0.6 is 0 Å². The number of carbonyl (C=O) groups is 5. The van der Waals surface area contributed by atoms with Gasteiger partial charge in [0.1, 0.15) is 47.0 Å². The SMILES string of the molecule is C=C[C@@H]1C[C@]1(NC(=O)[C@@H]1C[C@@H](OC(=O)N2Cc3cccc(F)c3C2)CN1C(=O)[C@@H](NC(=O)OC(C)(C)C)[C@@H](C)OC(=C)/C=C/C)C(=O)NS(=O)(=O)C1CC1. The molecule has 1 aromatic rings. The van der Waals surface area contributed by atoms with Crippen molar-refractivity contribution in [1.29, 1.82) is 0 Å². The first kappa shape index (κ1) is 40.3. The maximum Gasteiger partial charge on any atom is 0.410 e. The first-order valence-corrected chi connectivity index (χ1v) is 19.3. The summed E-state index contributed by atoms with van der Waals surface area (Å²) in [5, 5.41) is 4.52. The van der Waals surface area contributed by atoms with Crippen LogP contribution in [0.15, 0.2) is 55.3 Å². The number of amides is 5. The third-order valence-corrected chi connectivity index (χ3v) is 11.5. The highest BCUT2D eigenvalue weighted by Crippen LogP contribution is 2.45. The van der Waals surface area contributed by atoms with Gasteiger partial charge in [0, 0.05) is 24.4 Å². The fourth-order valence-electron chi connectivity index (χ4n) is 6.65. The van der Waals surface area contributed by atoms with E-state index in [2.05, 4.69) is 28.5 Å². The van der Waals surface area contributed by atoms with E-state index < -0.39 is 92.3 Å². The highest BCUT2D eigenvalue weighted by Gasteiger charge is 2.62. The number of sulfonamides is 1. The van der Waals surface area contributed by atoms with Gasteiger partial charge in [-0.25, -0.2) is 22.4 Å². The Morgan fingerprint density at radius 2 is 1.83 bits per heavy atom. The average Bonchev–Trinajstić information content (AvgIpc) is 3.97. The lowest BCUT2D eigenvalue weighted by atomic mass is 10.1. The van der Waals surface area contributed by atoms with Crippen molar-refractivity contribution in [3.8, 4) is 0 Å². The second-order valence-corrected chi connectivity index (χ2v) is 17.0. The predicted octanol–water partition coefficient (Wildman–Crippen LogP) is 3.30. The number of hydrogen-bond donors (Lipinski definition) is 3. The standard InChI is InChI=1S/C37H48FN5O10S/c1-8-11-21(3)51-22(4)30(39-34(47)53-36(5,6)7)32(45)43-19-25(52-35(48)42-18-23-12-10-13-28(38)27(23)20-42)16-29(43)31(44)40-37(17-24(37)9-2)33(46)41-54(49,50)26-14-15-26/h8-13,22,24-26,29-30H,2-3,14-20H2,1,4-7H3,(H,39,47)(H,40,44)(H,41,46)/b11-8+/t22-,24-,25-,29+,30+,37-/m1/s1. The van der Waals surface area contributed by atoms with E-state index in [0.29, 0.717) is 24.0 Å². The van der Waals surface area contributed by atoms with Gasteiger partial charge in [-0.2, -0.15) is 0 Å². The summed E-state index contributed by atoms with van der Waals surface area (Å²) in [6.45, 7) is 15.4. The van der Waals surface area contributed by atoms with E-state index in [1.54, 1.807) is 45.9 Å². The Labute approximate surface area is 314 Å². The quantitative estimate of drug-likeness (QED) is 0.152. The molecule has 0 spiro atoms. The van der Waals surface area contributed by atoms with Crippen molar-refractivity contribution in [3.05, 3.63) is 72.3 Å². The molecule has 3 N–H and O–H groups in total. The number of halogens is 1. The lowest BCUT2D eigenvalue weighted by Gasteiger charge is -2.32. The van der Waals surface area contributed by atoms with Gasteiger partial charge in [-0.1, -0.05) is 30.9 Å². The molecule has 2 saturated carbocycles. The van der Waals surface area contributed by atoms with Crippen LogP contribution in [0.4, 0.5) is 14.0 Å². The number of allylic oxidation sites excluding steroid dienone is 2. The lowest BCUT2D eigenvalue weighted by molar-refractivity contribution is -0.143. The van der Waals surface area contributed by atoms with Crippen molar-refractivity contribution in [2.45, 2.75) is 114 Å². The molecule has 2 aliphatic carbocycles. The molecule has 0 bridgehead atoms. The summed E-state index contributed by atoms with van der Waals surface area (Å²) < 4.78 is 58.9. The molecule has 0 unspecified atom stereocenters. The second-order valence-electron chi connectivity index (χ2n) is 15.1. The number of fused-ring (bicyclic) bond motifs is 1. The summed E-state index contributed by atoms with van der Waals surface area (Å²) in [4.78, 5) is 71.0. The number of ether oxygens (including phenoxy) is 3. The second kappa shape index (κ2) is 15.4. The largest absolute Gasteiger partial charge is 0.489 e. The Morgan fingerprint density at radius 3 is 2.43 bits per heavy atom. The molecule has 54 heavy (non-hydrogen) atoms. The third kappa shape index (κ3) is 9.05. The Kier molecular flexibility index (Phi) is 11.5. The van der Waals surface area contributed by atoms with E-state index >= 15 is 0 Å². The van der Waals surface area contributed by atoms with E-state index in [1.807, 2.05) is 0 Å². The van der Waals surface area contributed by atoms with Gasteiger partial charge in [-0.05, 0) is 71.6 Å². The molecule has 294 valence electrons. The fraction of sp³-hybridized carbons (Fsp3) is 0.541. The summed E-state index contributed by atoms with van der Waals surface area (Å²) in [7, 11) is -3.97. The van der Waals surface area contributed by atoms with Crippen LogP contribution < -0.4 is 15.4 Å². The van der Waals surface area contributed by atoms with Crippen LogP contribution in [0.5, 0.6) is 0 Å². The van der Waals surface area contributed by atoms with Gasteiger partial charge in [0.2, 0.25) is 21.8 Å². The molecule has 2 heterocycles. The van der Waals surface area contributed by atoms with Crippen molar-refractivity contribution >= 4 is 39.9 Å². The zero-order valence-corrected chi connectivity index (χ0v) is 31.9. The zero-order chi connectivity index (χ0) is 39.7. The van der Waals surface area contributed by atoms with E-state index in [9.17, 15) is 36.8 Å². The number of benzene rings is 1. The van der Waals surface area contributed by atoms with Crippen LogP contribution in [0.3, 0.4) is 0 Å². The van der Waals surface area contributed by atoms with Gasteiger partial charge in [-0.3, -0.25) is 24.0 Å². The highest BCUT2D eigenvalue weighted by atomic mass is 32.2. The average molecular weight is 774 g/mol. The van der Waals surface area contributed by atoms with Crippen molar-refractivity contribution in [2.24, 2.45) is 5.92 Å². The molecule has 3 fully saturated rings. The molecule has 6 atom stereocenters. The van der Waals surface area contributed by atoms with Gasteiger partial charge in [-0.15, -0.1) is 6.58 Å². The van der Waals surface area contributed by atoms with E-state index in [0.717, 1.165) is 4.90 Å². The molecule has 5 amide bonds.